The maximum atomic E-state index is 13.3. The summed E-state index contributed by atoms with van der Waals surface area (Å²) in [6.45, 7) is 1.60. The van der Waals surface area contributed by atoms with Gasteiger partial charge in [-0.2, -0.15) is 0 Å². The average molecular weight is 343 g/mol. The van der Waals surface area contributed by atoms with Gasteiger partial charge in [-0.25, -0.2) is 4.39 Å². The Morgan fingerprint density at radius 1 is 1.24 bits per heavy atom. The number of fused-ring (bicyclic) bond motifs is 1. The fourth-order valence-electron chi connectivity index (χ4n) is 2.74. The molecule has 1 aliphatic heterocycles. The van der Waals surface area contributed by atoms with Gasteiger partial charge in [0, 0.05) is 20.6 Å². The Hall–Kier alpha value is -2.76. The van der Waals surface area contributed by atoms with Crippen molar-refractivity contribution in [2.45, 2.75) is 12.6 Å². The third kappa shape index (κ3) is 4.41. The summed E-state index contributed by atoms with van der Waals surface area (Å²) in [7, 11) is 3.63. The Morgan fingerprint density at radius 3 is 2.80 bits per heavy atom. The molecule has 0 bridgehead atoms. The lowest BCUT2D eigenvalue weighted by molar-refractivity contribution is 0.0932. The highest BCUT2D eigenvalue weighted by Crippen LogP contribution is 2.30. The summed E-state index contributed by atoms with van der Waals surface area (Å²) < 4.78 is 25.0. The Kier molecular flexibility index (Phi) is 5.38. The molecule has 25 heavy (non-hydrogen) atoms. The molecule has 2 aromatic rings. The van der Waals surface area contributed by atoms with Crippen LogP contribution in [-0.4, -0.2) is 44.2 Å². The largest absolute Gasteiger partial charge is 0.486 e. The van der Waals surface area contributed by atoms with E-state index in [1.54, 1.807) is 13.1 Å². The van der Waals surface area contributed by atoms with E-state index in [2.05, 4.69) is 10.3 Å². The van der Waals surface area contributed by atoms with E-state index in [1.165, 1.54) is 12.1 Å². The molecule has 1 N–H and O–H groups in total. The van der Waals surface area contributed by atoms with Gasteiger partial charge in [0.15, 0.2) is 17.5 Å². The molecular weight excluding hydrogens is 321 g/mol. The normalized spacial score (nSPS) is 16.4. The molecule has 3 rings (SSSR count). The van der Waals surface area contributed by atoms with Crippen LogP contribution in [0.5, 0.6) is 11.5 Å². The smallest absolute Gasteiger partial charge is 0.193 e. The standard InChI is InChI=1S/C19H22FN3O2/c1-21-19(23(2)12-14-6-5-7-15(20)10-14)22-11-16-13-24-17-8-3-4-9-18(17)25-16/h3-10,16H,11-13H2,1-2H3,(H,21,22). The lowest BCUT2D eigenvalue weighted by Gasteiger charge is -2.28. The maximum absolute atomic E-state index is 13.3. The van der Waals surface area contributed by atoms with E-state index >= 15 is 0 Å². The van der Waals surface area contributed by atoms with Crippen LogP contribution in [0.2, 0.25) is 0 Å². The molecule has 1 aliphatic rings. The second-order valence-electron chi connectivity index (χ2n) is 5.91. The van der Waals surface area contributed by atoms with Crippen LogP contribution in [0.1, 0.15) is 5.56 Å². The summed E-state index contributed by atoms with van der Waals surface area (Å²) in [5.74, 6) is 2.00. The van der Waals surface area contributed by atoms with Crippen LogP contribution >= 0.6 is 0 Å². The van der Waals surface area contributed by atoms with E-state index in [-0.39, 0.29) is 11.9 Å². The van der Waals surface area contributed by atoms with Gasteiger partial charge in [-0.15, -0.1) is 0 Å². The van der Waals surface area contributed by atoms with Crippen molar-refractivity contribution in [1.82, 2.24) is 10.2 Å². The number of benzene rings is 2. The number of aliphatic imine (C=N–C) groups is 1. The van der Waals surface area contributed by atoms with Crippen LogP contribution < -0.4 is 14.8 Å². The second-order valence-corrected chi connectivity index (χ2v) is 5.91. The quantitative estimate of drug-likeness (QED) is 0.685. The van der Waals surface area contributed by atoms with Crippen LogP contribution in [0.4, 0.5) is 4.39 Å². The SMILES string of the molecule is CN=C(NCC1COc2ccccc2O1)N(C)Cc1cccc(F)c1. The first-order chi connectivity index (χ1) is 12.2. The summed E-state index contributed by atoms with van der Waals surface area (Å²) >= 11 is 0. The van der Waals surface area contributed by atoms with E-state index in [0.29, 0.717) is 25.7 Å². The molecule has 1 unspecified atom stereocenters. The number of nitrogens with one attached hydrogen (secondary N) is 1. The Labute approximate surface area is 147 Å². The zero-order valence-electron chi connectivity index (χ0n) is 14.4. The number of hydrogen-bond donors (Lipinski definition) is 1. The summed E-state index contributed by atoms with van der Waals surface area (Å²) in [5, 5.41) is 3.28. The summed E-state index contributed by atoms with van der Waals surface area (Å²) in [6.07, 6.45) is -0.103. The number of guanidine groups is 1. The van der Waals surface area contributed by atoms with Gasteiger partial charge in [0.05, 0.1) is 6.54 Å². The minimum absolute atomic E-state index is 0.103. The van der Waals surface area contributed by atoms with Gasteiger partial charge in [-0.05, 0) is 29.8 Å². The molecule has 0 radical (unpaired) electrons. The summed E-state index contributed by atoms with van der Waals surface area (Å²) in [5.41, 5.74) is 0.886. The van der Waals surface area contributed by atoms with Crippen molar-refractivity contribution in [3.63, 3.8) is 0 Å². The van der Waals surface area contributed by atoms with Crippen molar-refractivity contribution >= 4 is 5.96 Å². The van der Waals surface area contributed by atoms with Gasteiger partial charge >= 0.3 is 0 Å². The van der Waals surface area contributed by atoms with Gasteiger partial charge in [-0.1, -0.05) is 24.3 Å². The number of hydrogen-bond acceptors (Lipinski definition) is 3. The Bertz CT molecular complexity index is 751. The molecule has 6 heteroatoms. The second kappa shape index (κ2) is 7.88. The zero-order chi connectivity index (χ0) is 17.6. The summed E-state index contributed by atoms with van der Waals surface area (Å²) in [6, 6.07) is 14.2. The van der Waals surface area contributed by atoms with E-state index < -0.39 is 0 Å². The minimum Gasteiger partial charge on any atom is -0.486 e. The van der Waals surface area contributed by atoms with Gasteiger partial charge < -0.3 is 19.7 Å². The van der Waals surface area contributed by atoms with Crippen molar-refractivity contribution in [2.75, 3.05) is 27.2 Å². The first-order valence-corrected chi connectivity index (χ1v) is 8.20. The summed E-state index contributed by atoms with van der Waals surface area (Å²) in [4.78, 5) is 6.21. The molecule has 132 valence electrons. The molecule has 0 saturated carbocycles. The van der Waals surface area contributed by atoms with Gasteiger partial charge in [0.25, 0.3) is 0 Å². The van der Waals surface area contributed by atoms with Crippen molar-refractivity contribution in [3.8, 4) is 11.5 Å². The first kappa shape index (κ1) is 17.1. The molecule has 0 amide bonds. The topological polar surface area (TPSA) is 46.1 Å². The Morgan fingerprint density at radius 2 is 2.04 bits per heavy atom. The molecule has 0 aromatic heterocycles. The van der Waals surface area contributed by atoms with Crippen LogP contribution in [0.15, 0.2) is 53.5 Å². The Balaban J connectivity index is 1.54. The number of rotatable bonds is 4. The third-order valence-electron chi connectivity index (χ3n) is 3.94. The highest BCUT2D eigenvalue weighted by molar-refractivity contribution is 5.79. The predicted octanol–water partition coefficient (Wildman–Crippen LogP) is 2.67. The molecule has 0 spiro atoms. The molecule has 0 fully saturated rings. The predicted molar refractivity (Wildman–Crippen MR) is 95.6 cm³/mol. The molecule has 2 aromatic carbocycles. The van der Waals surface area contributed by atoms with Crippen molar-refractivity contribution in [3.05, 3.63) is 59.9 Å². The van der Waals surface area contributed by atoms with Gasteiger partial charge in [0.1, 0.15) is 18.5 Å². The monoisotopic (exact) mass is 343 g/mol. The molecular formula is C19H22FN3O2. The number of nitrogens with zero attached hydrogens (tertiary/aromatic N) is 2. The minimum atomic E-state index is -0.236. The molecule has 0 saturated heterocycles. The fraction of sp³-hybridized carbons (Fsp3) is 0.316. The molecule has 1 atom stereocenters. The first-order valence-electron chi connectivity index (χ1n) is 8.20. The van der Waals surface area contributed by atoms with E-state index in [0.717, 1.165) is 17.1 Å². The van der Waals surface area contributed by atoms with E-state index in [4.69, 9.17) is 9.47 Å². The van der Waals surface area contributed by atoms with Crippen LogP contribution in [-0.2, 0) is 6.54 Å². The van der Waals surface area contributed by atoms with Crippen LogP contribution in [0.3, 0.4) is 0 Å². The van der Waals surface area contributed by atoms with Crippen LogP contribution in [0, 0.1) is 5.82 Å². The fourth-order valence-corrected chi connectivity index (χ4v) is 2.74. The molecule has 5 nitrogen and oxygen atoms in total. The van der Waals surface area contributed by atoms with E-state index in [1.807, 2.05) is 42.3 Å². The average Bonchev–Trinajstić information content (AvgIpc) is 2.62. The van der Waals surface area contributed by atoms with Crippen molar-refractivity contribution in [2.24, 2.45) is 4.99 Å². The van der Waals surface area contributed by atoms with Crippen molar-refractivity contribution < 1.29 is 13.9 Å². The lowest BCUT2D eigenvalue weighted by atomic mass is 10.2. The lowest BCUT2D eigenvalue weighted by Crippen LogP contribution is -2.45. The molecule has 1 heterocycles. The number of halogens is 1. The third-order valence-corrected chi connectivity index (χ3v) is 3.94. The molecule has 0 aliphatic carbocycles. The van der Waals surface area contributed by atoms with E-state index in [9.17, 15) is 4.39 Å². The highest BCUT2D eigenvalue weighted by Gasteiger charge is 2.21. The van der Waals surface area contributed by atoms with Crippen LogP contribution in [0.25, 0.3) is 0 Å². The maximum Gasteiger partial charge on any atom is 0.193 e. The number of para-hydroxylation sites is 2. The van der Waals surface area contributed by atoms with Gasteiger partial charge in [0.2, 0.25) is 0 Å². The highest BCUT2D eigenvalue weighted by atomic mass is 19.1. The number of ether oxygens (including phenoxy) is 2. The van der Waals surface area contributed by atoms with Crippen molar-refractivity contribution in [1.29, 1.82) is 0 Å². The van der Waals surface area contributed by atoms with Gasteiger partial charge in [-0.3, -0.25) is 4.99 Å². The zero-order valence-corrected chi connectivity index (χ0v) is 14.4.